The van der Waals surface area contributed by atoms with Crippen molar-refractivity contribution in [3.05, 3.63) is 64.7 Å². The maximum absolute atomic E-state index is 6.21. The standard InChI is InChI=1S/C17H20ClNO/c1-3-16(19)17(13-5-4-6-14(18)11-13)20-15-9-7-12(2)8-10-15/h4-11,16-17H,3,19H2,1-2H3. The lowest BCUT2D eigenvalue weighted by Gasteiger charge is -2.25. The average molecular weight is 290 g/mol. The van der Waals surface area contributed by atoms with E-state index in [1.165, 1.54) is 5.56 Å². The van der Waals surface area contributed by atoms with Crippen molar-refractivity contribution >= 4 is 11.6 Å². The zero-order valence-corrected chi connectivity index (χ0v) is 12.6. The predicted octanol–water partition coefficient (Wildman–Crippen LogP) is 4.51. The minimum absolute atomic E-state index is 0.0743. The van der Waals surface area contributed by atoms with Crippen molar-refractivity contribution in [1.82, 2.24) is 0 Å². The first-order valence-electron chi connectivity index (χ1n) is 6.84. The van der Waals surface area contributed by atoms with Crippen molar-refractivity contribution < 1.29 is 4.74 Å². The Morgan fingerprint density at radius 1 is 1.15 bits per heavy atom. The maximum Gasteiger partial charge on any atom is 0.139 e. The van der Waals surface area contributed by atoms with Gasteiger partial charge >= 0.3 is 0 Å². The molecule has 0 aliphatic carbocycles. The third-order valence-corrected chi connectivity index (χ3v) is 3.56. The smallest absolute Gasteiger partial charge is 0.139 e. The fraction of sp³-hybridized carbons (Fsp3) is 0.294. The number of rotatable bonds is 5. The van der Waals surface area contributed by atoms with Crippen LogP contribution in [0.25, 0.3) is 0 Å². The van der Waals surface area contributed by atoms with E-state index in [1.807, 2.05) is 48.5 Å². The molecule has 0 spiro atoms. The Bertz CT molecular complexity index is 553. The van der Waals surface area contributed by atoms with Crippen LogP contribution in [0.1, 0.15) is 30.6 Å². The van der Waals surface area contributed by atoms with E-state index in [1.54, 1.807) is 0 Å². The van der Waals surface area contributed by atoms with Crippen molar-refractivity contribution in [2.45, 2.75) is 32.4 Å². The number of benzene rings is 2. The van der Waals surface area contributed by atoms with E-state index in [4.69, 9.17) is 22.1 Å². The van der Waals surface area contributed by atoms with E-state index < -0.39 is 0 Å². The highest BCUT2D eigenvalue weighted by molar-refractivity contribution is 6.30. The van der Waals surface area contributed by atoms with Crippen LogP contribution >= 0.6 is 11.6 Å². The minimum atomic E-state index is -0.193. The van der Waals surface area contributed by atoms with Crippen molar-refractivity contribution in [3.63, 3.8) is 0 Å². The van der Waals surface area contributed by atoms with Gasteiger partial charge in [-0.3, -0.25) is 0 Å². The van der Waals surface area contributed by atoms with E-state index >= 15 is 0 Å². The van der Waals surface area contributed by atoms with E-state index in [-0.39, 0.29) is 12.1 Å². The molecule has 0 saturated heterocycles. The molecule has 0 amide bonds. The summed E-state index contributed by atoms with van der Waals surface area (Å²) in [6.07, 6.45) is 0.643. The fourth-order valence-electron chi connectivity index (χ4n) is 2.06. The van der Waals surface area contributed by atoms with E-state index in [9.17, 15) is 0 Å². The Labute approximate surface area is 125 Å². The van der Waals surface area contributed by atoms with E-state index in [0.29, 0.717) is 5.02 Å². The Morgan fingerprint density at radius 3 is 2.45 bits per heavy atom. The van der Waals surface area contributed by atoms with Crippen LogP contribution in [-0.2, 0) is 0 Å². The van der Waals surface area contributed by atoms with Crippen molar-refractivity contribution in [3.8, 4) is 5.75 Å². The molecule has 0 bridgehead atoms. The maximum atomic E-state index is 6.21. The molecule has 0 saturated carbocycles. The summed E-state index contributed by atoms with van der Waals surface area (Å²) in [5.41, 5.74) is 8.42. The topological polar surface area (TPSA) is 35.2 Å². The molecule has 2 aromatic rings. The quantitative estimate of drug-likeness (QED) is 0.879. The summed E-state index contributed by atoms with van der Waals surface area (Å²) in [7, 11) is 0. The third kappa shape index (κ3) is 3.75. The summed E-state index contributed by atoms with van der Waals surface area (Å²) < 4.78 is 6.08. The molecule has 2 rings (SSSR count). The molecule has 0 aliphatic heterocycles. The molecule has 0 aliphatic rings. The van der Waals surface area contributed by atoms with Crippen LogP contribution in [0, 0.1) is 6.92 Å². The first kappa shape index (κ1) is 14.9. The third-order valence-electron chi connectivity index (χ3n) is 3.32. The molecule has 3 heteroatoms. The van der Waals surface area contributed by atoms with Gasteiger partial charge in [0.05, 0.1) is 0 Å². The number of halogens is 1. The molecule has 2 N–H and O–H groups in total. The number of hydrogen-bond donors (Lipinski definition) is 1. The molecule has 106 valence electrons. The largest absolute Gasteiger partial charge is 0.484 e. The molecule has 2 unspecified atom stereocenters. The van der Waals surface area contributed by atoms with Gasteiger partial charge in [-0.2, -0.15) is 0 Å². The van der Waals surface area contributed by atoms with Gasteiger partial charge in [-0.05, 0) is 43.2 Å². The summed E-state index contributed by atoms with van der Waals surface area (Å²) in [5.74, 6) is 0.824. The van der Waals surface area contributed by atoms with Crippen LogP contribution in [0.4, 0.5) is 0 Å². The van der Waals surface area contributed by atoms with Gasteiger partial charge in [0.1, 0.15) is 11.9 Å². The molecular weight excluding hydrogens is 270 g/mol. The van der Waals surface area contributed by atoms with Crippen LogP contribution in [0.15, 0.2) is 48.5 Å². The van der Waals surface area contributed by atoms with Crippen molar-refractivity contribution in [2.24, 2.45) is 5.73 Å². The average Bonchev–Trinajstić information content (AvgIpc) is 2.46. The lowest BCUT2D eigenvalue weighted by molar-refractivity contribution is 0.171. The molecule has 0 heterocycles. The summed E-state index contributed by atoms with van der Waals surface area (Å²) in [4.78, 5) is 0. The summed E-state index contributed by atoms with van der Waals surface area (Å²) in [6.45, 7) is 4.11. The van der Waals surface area contributed by atoms with Gasteiger partial charge in [-0.25, -0.2) is 0 Å². The Hall–Kier alpha value is -1.51. The second-order valence-corrected chi connectivity index (χ2v) is 5.42. The molecule has 0 fully saturated rings. The predicted molar refractivity (Wildman–Crippen MR) is 84.3 cm³/mol. The van der Waals surface area contributed by atoms with Crippen LogP contribution in [0.2, 0.25) is 5.02 Å². The summed E-state index contributed by atoms with van der Waals surface area (Å²) in [5, 5.41) is 0.698. The van der Waals surface area contributed by atoms with Crippen LogP contribution in [0.3, 0.4) is 0 Å². The summed E-state index contributed by atoms with van der Waals surface area (Å²) in [6, 6.07) is 15.6. The van der Waals surface area contributed by atoms with Gasteiger partial charge in [-0.1, -0.05) is 48.4 Å². The van der Waals surface area contributed by atoms with E-state index in [0.717, 1.165) is 17.7 Å². The molecule has 2 atom stereocenters. The van der Waals surface area contributed by atoms with Crippen molar-refractivity contribution in [1.29, 1.82) is 0 Å². The fourth-order valence-corrected chi connectivity index (χ4v) is 2.26. The minimum Gasteiger partial charge on any atom is -0.484 e. The second-order valence-electron chi connectivity index (χ2n) is 4.98. The summed E-state index contributed by atoms with van der Waals surface area (Å²) >= 11 is 6.06. The lowest BCUT2D eigenvalue weighted by atomic mass is 10.0. The molecule has 2 nitrogen and oxygen atoms in total. The first-order valence-corrected chi connectivity index (χ1v) is 7.22. The highest BCUT2D eigenvalue weighted by atomic mass is 35.5. The Morgan fingerprint density at radius 2 is 1.85 bits per heavy atom. The molecule has 0 aromatic heterocycles. The van der Waals surface area contributed by atoms with Crippen LogP contribution in [0.5, 0.6) is 5.75 Å². The zero-order chi connectivity index (χ0) is 14.5. The number of nitrogens with two attached hydrogens (primary N) is 1. The molecular formula is C17H20ClNO. The van der Waals surface area contributed by atoms with Gasteiger partial charge in [0.15, 0.2) is 0 Å². The van der Waals surface area contributed by atoms with Gasteiger partial charge in [0.25, 0.3) is 0 Å². The Balaban J connectivity index is 2.26. The number of aryl methyl sites for hydroxylation is 1. The number of ether oxygens (including phenoxy) is 1. The molecule has 2 aromatic carbocycles. The molecule has 20 heavy (non-hydrogen) atoms. The highest BCUT2D eigenvalue weighted by Crippen LogP contribution is 2.27. The normalized spacial score (nSPS) is 13.8. The first-order chi connectivity index (χ1) is 9.60. The van der Waals surface area contributed by atoms with Crippen LogP contribution in [-0.4, -0.2) is 6.04 Å². The molecule has 0 radical (unpaired) electrons. The monoisotopic (exact) mass is 289 g/mol. The SMILES string of the molecule is CCC(N)C(Oc1ccc(C)cc1)c1cccc(Cl)c1. The zero-order valence-electron chi connectivity index (χ0n) is 11.8. The van der Waals surface area contributed by atoms with Gasteiger partial charge in [-0.15, -0.1) is 0 Å². The number of hydrogen-bond acceptors (Lipinski definition) is 2. The van der Waals surface area contributed by atoms with Crippen molar-refractivity contribution in [2.75, 3.05) is 0 Å². The van der Waals surface area contributed by atoms with Gasteiger partial charge in [0.2, 0.25) is 0 Å². The van der Waals surface area contributed by atoms with Gasteiger partial charge in [0, 0.05) is 11.1 Å². The highest BCUT2D eigenvalue weighted by Gasteiger charge is 2.20. The van der Waals surface area contributed by atoms with E-state index in [2.05, 4.69) is 13.8 Å². The van der Waals surface area contributed by atoms with Gasteiger partial charge < -0.3 is 10.5 Å². The van der Waals surface area contributed by atoms with Crippen LogP contribution < -0.4 is 10.5 Å². The Kier molecular flexibility index (Phi) is 5.05. The second kappa shape index (κ2) is 6.78. The lowest BCUT2D eigenvalue weighted by Crippen LogP contribution is -2.31.